The van der Waals surface area contributed by atoms with Gasteiger partial charge in [-0.2, -0.15) is 0 Å². The van der Waals surface area contributed by atoms with Gasteiger partial charge >= 0.3 is 5.97 Å². The molecule has 0 bridgehead atoms. The average molecular weight is 189 g/mol. The molecule has 1 aliphatic rings. The molecule has 0 amide bonds. The number of carbonyl (C=O) groups excluding carboxylic acids is 1. The lowest BCUT2D eigenvalue weighted by atomic mass is 9.98. The molecular weight excluding hydrogens is 178 g/mol. The van der Waals surface area contributed by atoms with Crippen LogP contribution in [0.5, 0.6) is 0 Å². The summed E-state index contributed by atoms with van der Waals surface area (Å²) in [5, 5.41) is 20.1. The van der Waals surface area contributed by atoms with Crippen molar-refractivity contribution < 1.29 is 19.6 Å². The Hall–Kier alpha value is -1.17. The van der Waals surface area contributed by atoms with Crippen LogP contribution in [-0.4, -0.2) is 34.8 Å². The molecule has 0 spiro atoms. The fourth-order valence-corrected chi connectivity index (χ4v) is 1.66. The Labute approximate surface area is 74.6 Å². The highest BCUT2D eigenvalue weighted by Crippen LogP contribution is 2.32. The third-order valence-electron chi connectivity index (χ3n) is 2.38. The third-order valence-corrected chi connectivity index (χ3v) is 2.38. The van der Waals surface area contributed by atoms with Gasteiger partial charge in [0.05, 0.1) is 7.11 Å². The van der Waals surface area contributed by atoms with Crippen LogP contribution in [0.25, 0.3) is 0 Å². The fourth-order valence-electron chi connectivity index (χ4n) is 1.66. The monoisotopic (exact) mass is 189 g/mol. The maximum atomic E-state index is 11.1. The van der Waals surface area contributed by atoms with Crippen molar-refractivity contribution in [3.8, 4) is 0 Å². The minimum absolute atomic E-state index is 0.103. The summed E-state index contributed by atoms with van der Waals surface area (Å²) in [6.07, 6.45) is 0.793. The molecule has 1 N–H and O–H groups in total. The molecule has 2 atom stereocenters. The Morgan fingerprint density at radius 2 is 2.38 bits per heavy atom. The summed E-state index contributed by atoms with van der Waals surface area (Å²) in [4.78, 5) is 20.9. The summed E-state index contributed by atoms with van der Waals surface area (Å²) in [7, 11) is 1.11. The van der Waals surface area contributed by atoms with Crippen LogP contribution in [-0.2, 0) is 9.53 Å². The third kappa shape index (κ3) is 1.49. The standard InChI is InChI=1S/C7H11NO5/c1-13-6(9)7(10)4-2-3-5(7)8(11)12/h5,10H,2-4H2,1H3. The van der Waals surface area contributed by atoms with E-state index < -0.39 is 22.5 Å². The summed E-state index contributed by atoms with van der Waals surface area (Å²) >= 11 is 0. The molecule has 1 rings (SSSR count). The van der Waals surface area contributed by atoms with E-state index in [2.05, 4.69) is 4.74 Å². The van der Waals surface area contributed by atoms with E-state index in [0.29, 0.717) is 6.42 Å². The van der Waals surface area contributed by atoms with Gasteiger partial charge in [-0.15, -0.1) is 0 Å². The second-order valence-corrected chi connectivity index (χ2v) is 3.11. The number of hydrogen-bond acceptors (Lipinski definition) is 5. The first kappa shape index (κ1) is 9.91. The minimum Gasteiger partial charge on any atom is -0.467 e. The van der Waals surface area contributed by atoms with Crippen molar-refractivity contribution in [1.29, 1.82) is 0 Å². The molecule has 2 unspecified atom stereocenters. The van der Waals surface area contributed by atoms with Gasteiger partial charge in [0.2, 0.25) is 5.60 Å². The SMILES string of the molecule is COC(=O)C1(O)CCCC1[N+](=O)[O-]. The summed E-state index contributed by atoms with van der Waals surface area (Å²) in [5.74, 6) is -0.910. The van der Waals surface area contributed by atoms with E-state index in [-0.39, 0.29) is 12.8 Å². The number of ether oxygens (including phenoxy) is 1. The number of hydrogen-bond donors (Lipinski definition) is 1. The van der Waals surface area contributed by atoms with Crippen molar-refractivity contribution in [2.75, 3.05) is 7.11 Å². The van der Waals surface area contributed by atoms with Gasteiger partial charge < -0.3 is 9.84 Å². The smallest absolute Gasteiger partial charge is 0.345 e. The van der Waals surface area contributed by atoms with Crippen LogP contribution in [0.2, 0.25) is 0 Å². The molecule has 1 aliphatic carbocycles. The lowest BCUT2D eigenvalue weighted by molar-refractivity contribution is -0.537. The first-order chi connectivity index (χ1) is 6.02. The Kier molecular flexibility index (Phi) is 2.51. The Morgan fingerprint density at radius 3 is 2.85 bits per heavy atom. The van der Waals surface area contributed by atoms with Crippen molar-refractivity contribution in [3.05, 3.63) is 10.1 Å². The Balaban J connectivity index is 2.87. The fraction of sp³-hybridized carbons (Fsp3) is 0.857. The van der Waals surface area contributed by atoms with E-state index in [0.717, 1.165) is 7.11 Å². The molecule has 74 valence electrons. The number of esters is 1. The zero-order chi connectivity index (χ0) is 10.1. The molecule has 0 heterocycles. The minimum atomic E-state index is -1.92. The van der Waals surface area contributed by atoms with E-state index in [1.807, 2.05) is 0 Å². The highest BCUT2D eigenvalue weighted by molar-refractivity contribution is 5.80. The molecule has 6 heteroatoms. The largest absolute Gasteiger partial charge is 0.467 e. The van der Waals surface area contributed by atoms with E-state index >= 15 is 0 Å². The van der Waals surface area contributed by atoms with Gasteiger partial charge in [0.1, 0.15) is 0 Å². The van der Waals surface area contributed by atoms with E-state index in [1.165, 1.54) is 0 Å². The van der Waals surface area contributed by atoms with Crippen molar-refractivity contribution in [1.82, 2.24) is 0 Å². The summed E-state index contributed by atoms with van der Waals surface area (Å²) in [6, 6.07) is -1.22. The van der Waals surface area contributed by atoms with Crippen molar-refractivity contribution in [3.63, 3.8) is 0 Å². The van der Waals surface area contributed by atoms with Gasteiger partial charge in [0, 0.05) is 11.3 Å². The molecule has 13 heavy (non-hydrogen) atoms. The zero-order valence-corrected chi connectivity index (χ0v) is 7.23. The maximum Gasteiger partial charge on any atom is 0.345 e. The molecule has 0 saturated heterocycles. The molecule has 0 aromatic heterocycles. The normalized spacial score (nSPS) is 32.9. The number of rotatable bonds is 2. The molecule has 0 aromatic carbocycles. The van der Waals surface area contributed by atoms with Crippen LogP contribution < -0.4 is 0 Å². The first-order valence-corrected chi connectivity index (χ1v) is 3.96. The second-order valence-electron chi connectivity index (χ2n) is 3.11. The number of nitro groups is 1. The van der Waals surface area contributed by atoms with Crippen molar-refractivity contribution >= 4 is 5.97 Å². The van der Waals surface area contributed by atoms with Crippen LogP contribution in [0.1, 0.15) is 19.3 Å². The average Bonchev–Trinajstić information content (AvgIpc) is 2.47. The second kappa shape index (κ2) is 3.29. The number of aliphatic hydroxyl groups is 1. The van der Waals surface area contributed by atoms with Gasteiger partial charge in [-0.25, -0.2) is 4.79 Å². The summed E-state index contributed by atoms with van der Waals surface area (Å²) in [6.45, 7) is 0. The Bertz CT molecular complexity index is 241. The quantitative estimate of drug-likeness (QED) is 0.366. The van der Waals surface area contributed by atoms with E-state index in [1.54, 1.807) is 0 Å². The highest BCUT2D eigenvalue weighted by Gasteiger charge is 2.56. The Morgan fingerprint density at radius 1 is 1.77 bits per heavy atom. The van der Waals surface area contributed by atoms with Gasteiger partial charge in [0.25, 0.3) is 6.04 Å². The van der Waals surface area contributed by atoms with Crippen LogP contribution in [0.3, 0.4) is 0 Å². The van der Waals surface area contributed by atoms with Crippen LogP contribution in [0.4, 0.5) is 0 Å². The van der Waals surface area contributed by atoms with E-state index in [4.69, 9.17) is 0 Å². The van der Waals surface area contributed by atoms with E-state index in [9.17, 15) is 20.0 Å². The maximum absolute atomic E-state index is 11.1. The molecular formula is C7H11NO5. The lowest BCUT2D eigenvalue weighted by Crippen LogP contribution is -2.49. The predicted octanol–water partition coefficient (Wildman–Crippen LogP) is -0.280. The summed E-state index contributed by atoms with van der Waals surface area (Å²) in [5.41, 5.74) is -1.92. The van der Waals surface area contributed by atoms with Crippen molar-refractivity contribution in [2.45, 2.75) is 30.9 Å². The number of nitrogens with zero attached hydrogens (tertiary/aromatic N) is 1. The van der Waals surface area contributed by atoms with Crippen molar-refractivity contribution in [2.24, 2.45) is 0 Å². The van der Waals surface area contributed by atoms with Crippen LogP contribution in [0, 0.1) is 10.1 Å². The van der Waals surface area contributed by atoms with Gasteiger partial charge in [0.15, 0.2) is 0 Å². The van der Waals surface area contributed by atoms with Gasteiger partial charge in [-0.05, 0) is 12.8 Å². The van der Waals surface area contributed by atoms with Gasteiger partial charge in [-0.1, -0.05) is 0 Å². The first-order valence-electron chi connectivity index (χ1n) is 3.96. The number of carbonyl (C=O) groups is 1. The number of methoxy groups -OCH3 is 1. The molecule has 0 aliphatic heterocycles. The van der Waals surface area contributed by atoms with Gasteiger partial charge in [-0.3, -0.25) is 10.1 Å². The molecule has 0 aromatic rings. The molecule has 0 radical (unpaired) electrons. The molecule has 1 saturated carbocycles. The zero-order valence-electron chi connectivity index (χ0n) is 7.23. The summed E-state index contributed by atoms with van der Waals surface area (Å²) < 4.78 is 4.32. The highest BCUT2D eigenvalue weighted by atomic mass is 16.6. The van der Waals surface area contributed by atoms with Crippen LogP contribution >= 0.6 is 0 Å². The molecule has 1 fully saturated rings. The predicted molar refractivity (Wildman–Crippen MR) is 41.6 cm³/mol. The van der Waals surface area contributed by atoms with Crippen LogP contribution in [0.15, 0.2) is 0 Å². The topological polar surface area (TPSA) is 89.7 Å². The lowest BCUT2D eigenvalue weighted by Gasteiger charge is -2.20. The molecule has 6 nitrogen and oxygen atoms in total.